The standard InChI is InChI=1S/C44H26N4/c1-45-30-24-27-37-36-16-7-10-21-42(36)48(43(37)28-30)44-38(17-11-18-39(44)46-2)33-13-4-3-12-32(33)29-22-25-31(26-23-29)47-40-19-8-5-14-34(40)35-15-6-9-20-41(35)47/h3-28H. The molecule has 0 saturated carbocycles. The van der Waals surface area contributed by atoms with E-state index >= 15 is 0 Å². The van der Waals surface area contributed by atoms with Crippen LogP contribution in [0.25, 0.3) is 86.9 Å². The first kappa shape index (κ1) is 27.4. The number of fused-ring (bicyclic) bond motifs is 6. The summed E-state index contributed by atoms with van der Waals surface area (Å²) >= 11 is 0. The summed E-state index contributed by atoms with van der Waals surface area (Å²) in [6.07, 6.45) is 0. The van der Waals surface area contributed by atoms with Gasteiger partial charge in [0.2, 0.25) is 5.69 Å². The third-order valence-corrected chi connectivity index (χ3v) is 9.38. The zero-order valence-corrected chi connectivity index (χ0v) is 25.8. The molecule has 0 bridgehead atoms. The van der Waals surface area contributed by atoms with E-state index < -0.39 is 0 Å². The predicted octanol–water partition coefficient (Wildman–Crippen LogP) is 12.3. The Bertz CT molecular complexity index is 2750. The molecule has 0 radical (unpaired) electrons. The lowest BCUT2D eigenvalue weighted by molar-refractivity contribution is 1.18. The van der Waals surface area contributed by atoms with E-state index in [0.717, 1.165) is 55.4 Å². The molecule has 0 amide bonds. The Balaban J connectivity index is 1.25. The quantitative estimate of drug-likeness (QED) is 0.177. The van der Waals surface area contributed by atoms with Gasteiger partial charge in [0.1, 0.15) is 0 Å². The van der Waals surface area contributed by atoms with Crippen molar-refractivity contribution in [2.24, 2.45) is 0 Å². The Morgan fingerprint density at radius 3 is 1.56 bits per heavy atom. The second-order valence-electron chi connectivity index (χ2n) is 11.9. The molecule has 48 heavy (non-hydrogen) atoms. The van der Waals surface area contributed by atoms with E-state index in [-0.39, 0.29) is 0 Å². The molecule has 4 heteroatoms. The Hall–Kier alpha value is -6.88. The maximum absolute atomic E-state index is 8.23. The summed E-state index contributed by atoms with van der Waals surface area (Å²) < 4.78 is 4.50. The van der Waals surface area contributed by atoms with Crippen LogP contribution in [-0.2, 0) is 0 Å². The highest BCUT2D eigenvalue weighted by Crippen LogP contribution is 2.44. The smallest absolute Gasteiger partial charge is 0.211 e. The molecule has 2 heterocycles. The van der Waals surface area contributed by atoms with E-state index in [0.29, 0.717) is 11.4 Å². The average molecular weight is 611 g/mol. The molecule has 0 N–H and O–H groups in total. The van der Waals surface area contributed by atoms with Crippen LogP contribution in [0.1, 0.15) is 0 Å². The van der Waals surface area contributed by atoms with Crippen LogP contribution < -0.4 is 0 Å². The van der Waals surface area contributed by atoms with Crippen molar-refractivity contribution < 1.29 is 0 Å². The molecule has 0 aliphatic carbocycles. The van der Waals surface area contributed by atoms with Crippen molar-refractivity contribution in [3.63, 3.8) is 0 Å². The number of hydrogen-bond acceptors (Lipinski definition) is 0. The first-order valence-electron chi connectivity index (χ1n) is 15.8. The molecule has 9 rings (SSSR count). The summed E-state index contributed by atoms with van der Waals surface area (Å²) in [7, 11) is 0. The molecule has 2 aromatic heterocycles. The summed E-state index contributed by atoms with van der Waals surface area (Å²) in [5, 5.41) is 4.62. The van der Waals surface area contributed by atoms with Gasteiger partial charge in [0.05, 0.1) is 35.4 Å². The van der Waals surface area contributed by atoms with Crippen molar-refractivity contribution in [2.45, 2.75) is 0 Å². The van der Waals surface area contributed by atoms with Gasteiger partial charge in [0, 0.05) is 32.7 Å². The number of para-hydroxylation sites is 4. The minimum atomic E-state index is 0.555. The molecule has 0 fully saturated rings. The molecule has 0 saturated heterocycles. The first-order chi connectivity index (χ1) is 23.7. The van der Waals surface area contributed by atoms with E-state index in [9.17, 15) is 0 Å². The third-order valence-electron chi connectivity index (χ3n) is 9.38. The minimum absolute atomic E-state index is 0.555. The lowest BCUT2D eigenvalue weighted by Crippen LogP contribution is -1.99. The lowest BCUT2D eigenvalue weighted by Gasteiger charge is -2.19. The summed E-state index contributed by atoms with van der Waals surface area (Å²) in [6, 6.07) is 54.4. The van der Waals surface area contributed by atoms with Crippen molar-refractivity contribution in [3.8, 4) is 33.6 Å². The number of aromatic nitrogens is 2. The van der Waals surface area contributed by atoms with Crippen LogP contribution in [0.4, 0.5) is 11.4 Å². The highest BCUT2D eigenvalue weighted by atomic mass is 15.0. The van der Waals surface area contributed by atoms with Gasteiger partial charge < -0.3 is 9.13 Å². The van der Waals surface area contributed by atoms with Gasteiger partial charge in [-0.15, -0.1) is 0 Å². The van der Waals surface area contributed by atoms with E-state index in [2.05, 4.69) is 134 Å². The van der Waals surface area contributed by atoms with Crippen LogP contribution in [0.2, 0.25) is 0 Å². The van der Waals surface area contributed by atoms with Crippen LogP contribution in [0, 0.1) is 13.1 Å². The van der Waals surface area contributed by atoms with Crippen LogP contribution in [0.5, 0.6) is 0 Å². The molecule has 0 aliphatic rings. The van der Waals surface area contributed by atoms with Gasteiger partial charge in [-0.3, -0.25) is 0 Å². The van der Waals surface area contributed by atoms with Crippen molar-refractivity contribution in [3.05, 3.63) is 181 Å². The zero-order valence-electron chi connectivity index (χ0n) is 25.8. The molecule has 4 nitrogen and oxygen atoms in total. The molecule has 7 aromatic carbocycles. The summed E-state index contributed by atoms with van der Waals surface area (Å²) in [5.74, 6) is 0. The van der Waals surface area contributed by atoms with Crippen LogP contribution in [0.3, 0.4) is 0 Å². The Morgan fingerprint density at radius 2 is 0.938 bits per heavy atom. The van der Waals surface area contributed by atoms with Crippen LogP contribution in [-0.4, -0.2) is 9.13 Å². The fourth-order valence-corrected chi connectivity index (χ4v) is 7.30. The summed E-state index contributed by atoms with van der Waals surface area (Å²) in [4.78, 5) is 7.76. The Kier molecular flexibility index (Phi) is 6.22. The SMILES string of the molecule is [C-]#[N+]c1ccc2c3ccccc3n(-c3c([N+]#[C-])cccc3-c3ccccc3-c3ccc(-n4c5ccccc5c5ccccc54)cc3)c2c1. The van der Waals surface area contributed by atoms with Crippen molar-refractivity contribution in [1.29, 1.82) is 0 Å². The van der Waals surface area contributed by atoms with E-state index in [1.165, 1.54) is 21.8 Å². The van der Waals surface area contributed by atoms with E-state index in [4.69, 9.17) is 13.1 Å². The largest absolute Gasteiger partial charge is 0.320 e. The van der Waals surface area contributed by atoms with Crippen molar-refractivity contribution in [2.75, 3.05) is 0 Å². The number of benzene rings is 7. The Morgan fingerprint density at radius 1 is 0.396 bits per heavy atom. The number of nitrogens with zero attached hydrogens (tertiary/aromatic N) is 4. The van der Waals surface area contributed by atoms with E-state index in [1.807, 2.05) is 42.5 Å². The van der Waals surface area contributed by atoms with Gasteiger partial charge in [-0.2, -0.15) is 0 Å². The van der Waals surface area contributed by atoms with Crippen molar-refractivity contribution in [1.82, 2.24) is 9.13 Å². The van der Waals surface area contributed by atoms with Crippen LogP contribution in [0.15, 0.2) is 158 Å². The summed E-state index contributed by atoms with van der Waals surface area (Å²) in [6.45, 7) is 15.9. The zero-order chi connectivity index (χ0) is 32.2. The fraction of sp³-hybridized carbons (Fsp3) is 0. The maximum Gasteiger partial charge on any atom is 0.211 e. The molecule has 0 aliphatic heterocycles. The van der Waals surface area contributed by atoms with Crippen LogP contribution >= 0.6 is 0 Å². The maximum atomic E-state index is 8.23. The molecule has 9 aromatic rings. The first-order valence-corrected chi connectivity index (χ1v) is 15.8. The highest BCUT2D eigenvalue weighted by Gasteiger charge is 2.21. The molecule has 0 spiro atoms. The monoisotopic (exact) mass is 610 g/mol. The van der Waals surface area contributed by atoms with E-state index in [1.54, 1.807) is 0 Å². The summed E-state index contributed by atoms with van der Waals surface area (Å²) in [5.41, 5.74) is 11.5. The van der Waals surface area contributed by atoms with Gasteiger partial charge in [-0.05, 0) is 58.7 Å². The normalized spacial score (nSPS) is 11.3. The predicted molar refractivity (Wildman–Crippen MR) is 199 cm³/mol. The lowest BCUT2D eigenvalue weighted by atomic mass is 9.93. The Labute approximate surface area is 277 Å². The second-order valence-corrected chi connectivity index (χ2v) is 11.9. The second kappa shape index (κ2) is 10.9. The number of rotatable bonds is 4. The minimum Gasteiger partial charge on any atom is -0.320 e. The average Bonchev–Trinajstić information content (AvgIpc) is 3.67. The van der Waals surface area contributed by atoms with Crippen molar-refractivity contribution >= 4 is 55.0 Å². The number of hydrogen-bond donors (Lipinski definition) is 0. The molecule has 0 unspecified atom stereocenters. The van der Waals surface area contributed by atoms with Gasteiger partial charge >= 0.3 is 0 Å². The topological polar surface area (TPSA) is 18.6 Å². The fourth-order valence-electron chi connectivity index (χ4n) is 7.30. The molecule has 0 atom stereocenters. The van der Waals surface area contributed by atoms with Gasteiger partial charge in [0.15, 0.2) is 5.69 Å². The molecule has 222 valence electrons. The third kappa shape index (κ3) is 4.07. The molecular formula is C44H26N4. The van der Waals surface area contributed by atoms with Gasteiger partial charge in [-0.1, -0.05) is 121 Å². The van der Waals surface area contributed by atoms with Gasteiger partial charge in [0.25, 0.3) is 0 Å². The van der Waals surface area contributed by atoms with Gasteiger partial charge in [-0.25, -0.2) is 9.69 Å². The highest BCUT2D eigenvalue weighted by molar-refractivity contribution is 6.12. The molecular weight excluding hydrogens is 585 g/mol.